The minimum atomic E-state index is -0.829. The van der Waals surface area contributed by atoms with Gasteiger partial charge < -0.3 is 4.74 Å². The van der Waals surface area contributed by atoms with Gasteiger partial charge >= 0.3 is 0 Å². The maximum Gasteiger partial charge on any atom is 0.191 e. The van der Waals surface area contributed by atoms with E-state index in [2.05, 4.69) is 10.3 Å². The van der Waals surface area contributed by atoms with Gasteiger partial charge in [0.1, 0.15) is 0 Å². The number of aliphatic imine (C=N–C) groups is 1. The summed E-state index contributed by atoms with van der Waals surface area (Å²) < 4.78 is 32.4. The Morgan fingerprint density at radius 3 is 2.42 bits per heavy atom. The summed E-state index contributed by atoms with van der Waals surface area (Å²) in [5.41, 5.74) is 0.0678. The zero-order valence-electron chi connectivity index (χ0n) is 10.7. The first-order chi connectivity index (χ1) is 8.97. The number of benzene rings is 1. The van der Waals surface area contributed by atoms with Crippen molar-refractivity contribution in [2.24, 2.45) is 4.99 Å². The molecule has 0 amide bonds. The third kappa shape index (κ3) is 4.41. The summed E-state index contributed by atoms with van der Waals surface area (Å²) in [6.45, 7) is 3.35. The number of amidine groups is 1. The van der Waals surface area contributed by atoms with Crippen LogP contribution in [-0.4, -0.2) is 17.5 Å². The van der Waals surface area contributed by atoms with Gasteiger partial charge in [-0.25, -0.2) is 13.8 Å². The van der Waals surface area contributed by atoms with E-state index in [4.69, 9.17) is 10.00 Å². The summed E-state index contributed by atoms with van der Waals surface area (Å²) >= 11 is 1.16. The molecule has 102 valence electrons. The van der Waals surface area contributed by atoms with E-state index >= 15 is 0 Å². The van der Waals surface area contributed by atoms with Crippen LogP contribution in [0.15, 0.2) is 17.1 Å². The van der Waals surface area contributed by atoms with Gasteiger partial charge in [0, 0.05) is 12.1 Å². The maximum absolute atomic E-state index is 13.7. The summed E-state index contributed by atoms with van der Waals surface area (Å²) in [4.78, 5) is 3.92. The number of nitrogens with one attached hydrogen (secondary N) is 1. The Morgan fingerprint density at radius 2 is 2.00 bits per heavy atom. The van der Waals surface area contributed by atoms with E-state index in [1.807, 2.05) is 0 Å². The molecule has 0 aliphatic heterocycles. The zero-order chi connectivity index (χ0) is 14.4. The van der Waals surface area contributed by atoms with Crippen molar-refractivity contribution in [3.05, 3.63) is 23.8 Å². The molecular formula is C12H13F2N3OS. The number of halogens is 2. The lowest BCUT2D eigenvalue weighted by atomic mass is 10.2. The van der Waals surface area contributed by atoms with Crippen molar-refractivity contribution in [3.63, 3.8) is 0 Å². The lowest BCUT2D eigenvalue weighted by Gasteiger charge is -2.11. The van der Waals surface area contributed by atoms with E-state index in [-0.39, 0.29) is 17.0 Å². The average molecular weight is 285 g/mol. The molecule has 7 heteroatoms. The van der Waals surface area contributed by atoms with Crippen LogP contribution in [0.4, 0.5) is 14.5 Å². The molecule has 4 nitrogen and oxygen atoms in total. The van der Waals surface area contributed by atoms with E-state index in [9.17, 15) is 8.78 Å². The van der Waals surface area contributed by atoms with Crippen LogP contribution in [0.1, 0.15) is 13.8 Å². The largest absolute Gasteiger partial charge is 0.485 e. The van der Waals surface area contributed by atoms with Gasteiger partial charge in [0.15, 0.2) is 28.7 Å². The monoisotopic (exact) mass is 285 g/mol. The van der Waals surface area contributed by atoms with Gasteiger partial charge in [-0.05, 0) is 20.1 Å². The molecule has 1 N–H and O–H groups in total. The summed E-state index contributed by atoms with van der Waals surface area (Å²) in [5, 5.41) is 11.0. The van der Waals surface area contributed by atoms with E-state index in [1.54, 1.807) is 26.3 Å². The van der Waals surface area contributed by atoms with Gasteiger partial charge in [-0.1, -0.05) is 11.8 Å². The van der Waals surface area contributed by atoms with E-state index in [0.717, 1.165) is 23.9 Å². The molecule has 0 unspecified atom stereocenters. The molecule has 0 fully saturated rings. The van der Waals surface area contributed by atoms with Crippen LogP contribution >= 0.6 is 11.8 Å². The minimum Gasteiger partial charge on any atom is -0.485 e. The third-order valence-electron chi connectivity index (χ3n) is 1.92. The Bertz CT molecular complexity index is 503. The second-order valence-electron chi connectivity index (χ2n) is 3.76. The fourth-order valence-electron chi connectivity index (χ4n) is 1.25. The second kappa shape index (κ2) is 6.95. The summed E-state index contributed by atoms with van der Waals surface area (Å²) in [7, 11) is 0. The highest BCUT2D eigenvalue weighted by Crippen LogP contribution is 2.28. The predicted molar refractivity (Wildman–Crippen MR) is 71.5 cm³/mol. The smallest absolute Gasteiger partial charge is 0.191 e. The normalized spacial score (nSPS) is 11.3. The number of hydrogen-bond acceptors (Lipinski definition) is 4. The summed E-state index contributed by atoms with van der Waals surface area (Å²) in [6.07, 6.45) is 3.05. The SMILES string of the molecule is CSC(=Nc1cc(F)c(OC(C)C)c(F)c1)NC#N. The number of thioether (sulfide) groups is 1. The van der Waals surface area contributed by atoms with Gasteiger partial charge in [0.25, 0.3) is 0 Å². The van der Waals surface area contributed by atoms with Crippen LogP contribution in [-0.2, 0) is 0 Å². The Morgan fingerprint density at radius 1 is 1.42 bits per heavy atom. The topological polar surface area (TPSA) is 57.4 Å². The van der Waals surface area contributed by atoms with E-state index in [1.165, 1.54) is 0 Å². The molecule has 1 aromatic rings. The molecule has 0 saturated carbocycles. The predicted octanol–water partition coefficient (Wildman–Crippen LogP) is 3.17. The molecule has 19 heavy (non-hydrogen) atoms. The van der Waals surface area contributed by atoms with Crippen LogP contribution in [0, 0.1) is 23.1 Å². The number of hydrogen-bond donors (Lipinski definition) is 1. The van der Waals surface area contributed by atoms with Crippen molar-refractivity contribution < 1.29 is 13.5 Å². The zero-order valence-corrected chi connectivity index (χ0v) is 11.5. The van der Waals surface area contributed by atoms with Crippen LogP contribution in [0.2, 0.25) is 0 Å². The molecule has 0 aliphatic carbocycles. The molecular weight excluding hydrogens is 272 g/mol. The van der Waals surface area contributed by atoms with Crippen molar-refractivity contribution in [2.45, 2.75) is 20.0 Å². The van der Waals surface area contributed by atoms with Crippen molar-refractivity contribution in [1.82, 2.24) is 5.32 Å². The highest BCUT2D eigenvalue weighted by atomic mass is 32.2. The van der Waals surface area contributed by atoms with E-state index in [0.29, 0.717) is 0 Å². The van der Waals surface area contributed by atoms with Crippen molar-refractivity contribution in [2.75, 3.05) is 6.26 Å². The van der Waals surface area contributed by atoms with Crippen molar-refractivity contribution >= 4 is 22.6 Å². The number of nitriles is 1. The number of nitrogens with zero attached hydrogens (tertiary/aromatic N) is 2. The van der Waals surface area contributed by atoms with Gasteiger partial charge in [-0.2, -0.15) is 5.26 Å². The first-order valence-electron chi connectivity index (χ1n) is 5.41. The van der Waals surface area contributed by atoms with Gasteiger partial charge in [-0.3, -0.25) is 5.32 Å². The highest BCUT2D eigenvalue weighted by Gasteiger charge is 2.14. The van der Waals surface area contributed by atoms with Crippen molar-refractivity contribution in [3.8, 4) is 11.9 Å². The first kappa shape index (κ1) is 15.2. The Labute approximate surface area is 114 Å². The van der Waals surface area contributed by atoms with Crippen molar-refractivity contribution in [1.29, 1.82) is 5.26 Å². The van der Waals surface area contributed by atoms with Gasteiger partial charge in [0.05, 0.1) is 11.8 Å². The Balaban J connectivity index is 3.10. The fourth-order valence-corrected chi connectivity index (χ4v) is 1.59. The lowest BCUT2D eigenvalue weighted by molar-refractivity contribution is 0.219. The molecule has 0 bridgehead atoms. The Hall–Kier alpha value is -1.81. The van der Waals surface area contributed by atoms with Gasteiger partial charge in [-0.15, -0.1) is 0 Å². The van der Waals surface area contributed by atoms with E-state index < -0.39 is 17.4 Å². The fraction of sp³-hybridized carbons (Fsp3) is 0.333. The molecule has 0 heterocycles. The maximum atomic E-state index is 13.7. The molecule has 1 rings (SSSR count). The Kier molecular flexibility index (Phi) is 5.57. The minimum absolute atomic E-state index is 0.0678. The van der Waals surface area contributed by atoms with Crippen LogP contribution in [0.3, 0.4) is 0 Å². The highest BCUT2D eigenvalue weighted by molar-refractivity contribution is 8.13. The van der Waals surface area contributed by atoms with Crippen LogP contribution < -0.4 is 10.1 Å². The molecule has 0 aromatic heterocycles. The van der Waals surface area contributed by atoms with Gasteiger partial charge in [0.2, 0.25) is 0 Å². The summed E-state index contributed by atoms with van der Waals surface area (Å²) in [6, 6.07) is 2.10. The second-order valence-corrected chi connectivity index (χ2v) is 4.56. The van der Waals surface area contributed by atoms with Crippen LogP contribution in [0.25, 0.3) is 0 Å². The third-order valence-corrected chi connectivity index (χ3v) is 2.50. The molecule has 0 atom stereocenters. The average Bonchev–Trinajstić information content (AvgIpc) is 2.33. The molecule has 0 spiro atoms. The first-order valence-corrected chi connectivity index (χ1v) is 6.64. The molecule has 0 radical (unpaired) electrons. The quantitative estimate of drug-likeness (QED) is 0.401. The molecule has 0 aliphatic rings. The molecule has 1 aromatic carbocycles. The lowest BCUT2D eigenvalue weighted by Crippen LogP contribution is -2.12. The number of ether oxygens (including phenoxy) is 1. The molecule has 0 saturated heterocycles. The summed E-state index contributed by atoms with van der Waals surface area (Å²) in [5.74, 6) is -2.08. The number of rotatable bonds is 3. The standard InChI is InChI=1S/C12H13F2N3OS/c1-7(2)18-11-9(13)4-8(5-10(11)14)17-12(19-3)16-6-15/h4-5,7H,1-3H3,(H,16,17). The van der Waals surface area contributed by atoms with Crippen LogP contribution in [0.5, 0.6) is 5.75 Å².